The SMILES string of the molecule is Cc1ccc2c(c1)c(=O)c(C(=O)N[C@H]1C[C@H]3CO[C@@H](C)CN3C1)cn2C. The summed E-state index contributed by atoms with van der Waals surface area (Å²) in [6.45, 7) is 6.45. The molecule has 0 bridgehead atoms. The minimum atomic E-state index is -0.284. The zero-order chi connectivity index (χ0) is 18.4. The molecule has 3 atom stereocenters. The number of ether oxygens (including phenoxy) is 1. The summed E-state index contributed by atoms with van der Waals surface area (Å²) in [5, 5.41) is 3.65. The van der Waals surface area contributed by atoms with E-state index in [0.717, 1.165) is 30.6 Å². The maximum Gasteiger partial charge on any atom is 0.257 e. The molecule has 0 spiro atoms. The fourth-order valence-corrected chi connectivity index (χ4v) is 4.18. The Balaban J connectivity index is 1.57. The molecule has 2 saturated heterocycles. The fourth-order valence-electron chi connectivity index (χ4n) is 4.18. The molecule has 26 heavy (non-hydrogen) atoms. The maximum atomic E-state index is 12.8. The lowest BCUT2D eigenvalue weighted by atomic mass is 10.1. The van der Waals surface area contributed by atoms with Gasteiger partial charge in [-0.2, -0.15) is 0 Å². The highest BCUT2D eigenvalue weighted by molar-refractivity contribution is 5.97. The molecule has 2 fully saturated rings. The molecule has 6 heteroatoms. The molecule has 138 valence electrons. The summed E-state index contributed by atoms with van der Waals surface area (Å²) in [6.07, 6.45) is 2.74. The van der Waals surface area contributed by atoms with Crippen LogP contribution in [0.3, 0.4) is 0 Å². The molecule has 2 aliphatic rings. The highest BCUT2D eigenvalue weighted by Gasteiger charge is 2.37. The van der Waals surface area contributed by atoms with Gasteiger partial charge in [-0.05, 0) is 32.4 Å². The van der Waals surface area contributed by atoms with E-state index in [1.54, 1.807) is 6.20 Å². The Hall–Kier alpha value is -2.18. The molecule has 4 rings (SSSR count). The van der Waals surface area contributed by atoms with Crippen molar-refractivity contribution >= 4 is 16.8 Å². The molecule has 0 radical (unpaired) electrons. The predicted octanol–water partition coefficient (Wildman–Crippen LogP) is 1.44. The minimum absolute atomic E-state index is 0.0549. The van der Waals surface area contributed by atoms with Crippen LogP contribution >= 0.6 is 0 Å². The zero-order valence-corrected chi connectivity index (χ0v) is 15.5. The second-order valence-electron chi connectivity index (χ2n) is 7.66. The Morgan fingerprint density at radius 1 is 1.31 bits per heavy atom. The number of morpholine rings is 1. The molecule has 2 aliphatic heterocycles. The molecular weight excluding hydrogens is 330 g/mol. The summed E-state index contributed by atoms with van der Waals surface area (Å²) < 4.78 is 7.56. The molecule has 1 N–H and O–H groups in total. The number of aryl methyl sites for hydroxylation is 2. The number of pyridine rings is 1. The Labute approximate surface area is 152 Å². The summed E-state index contributed by atoms with van der Waals surface area (Å²) in [5.41, 5.74) is 1.85. The lowest BCUT2D eigenvalue weighted by Gasteiger charge is -2.33. The second-order valence-corrected chi connectivity index (χ2v) is 7.66. The van der Waals surface area contributed by atoms with E-state index >= 15 is 0 Å². The third kappa shape index (κ3) is 3.04. The first kappa shape index (κ1) is 17.2. The van der Waals surface area contributed by atoms with Crippen LogP contribution in [0.25, 0.3) is 10.9 Å². The number of carbonyl (C=O) groups is 1. The van der Waals surface area contributed by atoms with E-state index in [4.69, 9.17) is 4.74 Å². The van der Waals surface area contributed by atoms with Crippen molar-refractivity contribution in [3.8, 4) is 0 Å². The number of nitrogens with one attached hydrogen (secondary N) is 1. The van der Waals surface area contributed by atoms with Crippen LogP contribution in [0, 0.1) is 6.92 Å². The van der Waals surface area contributed by atoms with Crippen LogP contribution in [0.2, 0.25) is 0 Å². The van der Waals surface area contributed by atoms with Gasteiger partial charge in [-0.25, -0.2) is 0 Å². The van der Waals surface area contributed by atoms with Gasteiger partial charge in [-0.15, -0.1) is 0 Å². The average Bonchev–Trinajstić information content (AvgIpc) is 2.99. The number of nitrogens with zero attached hydrogens (tertiary/aromatic N) is 2. The third-order valence-electron chi connectivity index (χ3n) is 5.52. The Kier molecular flexibility index (Phi) is 4.32. The van der Waals surface area contributed by atoms with Crippen LogP contribution in [-0.2, 0) is 11.8 Å². The largest absolute Gasteiger partial charge is 0.376 e. The van der Waals surface area contributed by atoms with Crippen molar-refractivity contribution < 1.29 is 9.53 Å². The Morgan fingerprint density at radius 2 is 2.12 bits per heavy atom. The summed E-state index contributed by atoms with van der Waals surface area (Å²) in [6, 6.07) is 6.16. The summed E-state index contributed by atoms with van der Waals surface area (Å²) in [7, 11) is 1.86. The minimum Gasteiger partial charge on any atom is -0.376 e. The molecule has 6 nitrogen and oxygen atoms in total. The summed E-state index contributed by atoms with van der Waals surface area (Å²) >= 11 is 0. The van der Waals surface area contributed by atoms with E-state index < -0.39 is 0 Å². The number of hydrogen-bond donors (Lipinski definition) is 1. The average molecular weight is 355 g/mol. The number of fused-ring (bicyclic) bond motifs is 2. The predicted molar refractivity (Wildman–Crippen MR) is 101 cm³/mol. The quantitative estimate of drug-likeness (QED) is 0.885. The lowest BCUT2D eigenvalue weighted by molar-refractivity contribution is -0.0390. The Bertz CT molecular complexity index is 920. The van der Waals surface area contributed by atoms with Crippen molar-refractivity contribution in [1.29, 1.82) is 0 Å². The van der Waals surface area contributed by atoms with E-state index in [2.05, 4.69) is 17.1 Å². The number of hydrogen-bond acceptors (Lipinski definition) is 4. The molecule has 1 aromatic heterocycles. The monoisotopic (exact) mass is 355 g/mol. The summed E-state index contributed by atoms with van der Waals surface area (Å²) in [4.78, 5) is 28.0. The van der Waals surface area contributed by atoms with Gasteiger partial charge >= 0.3 is 0 Å². The van der Waals surface area contributed by atoms with Crippen LogP contribution in [0.5, 0.6) is 0 Å². The van der Waals surface area contributed by atoms with Crippen LogP contribution in [0.4, 0.5) is 0 Å². The number of benzene rings is 1. The molecule has 0 aliphatic carbocycles. The molecule has 1 amide bonds. The van der Waals surface area contributed by atoms with Crippen molar-refractivity contribution in [2.75, 3.05) is 19.7 Å². The molecule has 0 saturated carbocycles. The smallest absolute Gasteiger partial charge is 0.257 e. The lowest BCUT2D eigenvalue weighted by Crippen LogP contribution is -2.45. The first-order chi connectivity index (χ1) is 12.4. The number of amides is 1. The van der Waals surface area contributed by atoms with E-state index in [9.17, 15) is 9.59 Å². The van der Waals surface area contributed by atoms with Crippen LogP contribution in [-0.4, -0.2) is 53.3 Å². The van der Waals surface area contributed by atoms with Crippen molar-refractivity contribution in [2.24, 2.45) is 7.05 Å². The third-order valence-corrected chi connectivity index (χ3v) is 5.52. The van der Waals surface area contributed by atoms with Crippen molar-refractivity contribution in [3.05, 3.63) is 45.7 Å². The van der Waals surface area contributed by atoms with Gasteiger partial charge in [0, 0.05) is 43.8 Å². The first-order valence-electron chi connectivity index (χ1n) is 9.19. The van der Waals surface area contributed by atoms with E-state index in [-0.39, 0.29) is 29.0 Å². The van der Waals surface area contributed by atoms with E-state index in [0.29, 0.717) is 18.0 Å². The normalized spacial score (nSPS) is 26.0. The summed E-state index contributed by atoms with van der Waals surface area (Å²) in [5.74, 6) is -0.284. The van der Waals surface area contributed by atoms with Crippen LogP contribution in [0.15, 0.2) is 29.2 Å². The Morgan fingerprint density at radius 3 is 2.92 bits per heavy atom. The maximum absolute atomic E-state index is 12.8. The highest BCUT2D eigenvalue weighted by Crippen LogP contribution is 2.23. The van der Waals surface area contributed by atoms with Crippen LogP contribution < -0.4 is 10.7 Å². The molecule has 3 heterocycles. The number of carbonyl (C=O) groups excluding carboxylic acids is 1. The van der Waals surface area contributed by atoms with Crippen LogP contribution in [0.1, 0.15) is 29.3 Å². The van der Waals surface area contributed by atoms with Gasteiger partial charge in [0.15, 0.2) is 0 Å². The van der Waals surface area contributed by atoms with Crippen molar-refractivity contribution in [2.45, 2.75) is 38.5 Å². The first-order valence-corrected chi connectivity index (χ1v) is 9.19. The van der Waals surface area contributed by atoms with E-state index in [1.165, 1.54) is 0 Å². The molecule has 1 aromatic carbocycles. The van der Waals surface area contributed by atoms with Crippen molar-refractivity contribution in [1.82, 2.24) is 14.8 Å². The van der Waals surface area contributed by atoms with Gasteiger partial charge in [0.05, 0.1) is 18.2 Å². The molecular formula is C20H25N3O3. The van der Waals surface area contributed by atoms with Gasteiger partial charge in [0.2, 0.25) is 5.43 Å². The molecule has 0 unspecified atom stereocenters. The topological polar surface area (TPSA) is 63.6 Å². The number of rotatable bonds is 2. The van der Waals surface area contributed by atoms with Gasteiger partial charge in [-0.3, -0.25) is 14.5 Å². The zero-order valence-electron chi connectivity index (χ0n) is 15.5. The van der Waals surface area contributed by atoms with Crippen molar-refractivity contribution in [3.63, 3.8) is 0 Å². The molecule has 2 aromatic rings. The standard InChI is InChI=1S/C20H25N3O3/c1-12-4-5-18-16(6-12)19(24)17(10-22(18)3)20(25)21-14-7-15-11-26-13(2)8-23(15)9-14/h4-6,10,13-15H,7-9,11H2,1-3H3,(H,21,25)/t13-,14-,15-/m0/s1. The van der Waals surface area contributed by atoms with E-state index in [1.807, 2.05) is 36.7 Å². The van der Waals surface area contributed by atoms with Gasteiger partial charge in [-0.1, -0.05) is 11.6 Å². The van der Waals surface area contributed by atoms with Gasteiger partial charge in [0.1, 0.15) is 5.56 Å². The van der Waals surface area contributed by atoms with Gasteiger partial charge < -0.3 is 14.6 Å². The fraction of sp³-hybridized carbons (Fsp3) is 0.500. The number of aromatic nitrogens is 1. The van der Waals surface area contributed by atoms with Gasteiger partial charge in [0.25, 0.3) is 5.91 Å². The second kappa shape index (κ2) is 6.52. The highest BCUT2D eigenvalue weighted by atomic mass is 16.5.